The lowest BCUT2D eigenvalue weighted by Gasteiger charge is -2.43. The molecular formula is C33H40O19. The fourth-order valence-corrected chi connectivity index (χ4v) is 6.39. The maximum absolute atomic E-state index is 13.4. The summed E-state index contributed by atoms with van der Waals surface area (Å²) in [4.78, 5) is 13.4. The summed E-state index contributed by atoms with van der Waals surface area (Å²) in [5.41, 5.74) is -1.31. The molecule has 6 rings (SSSR count). The van der Waals surface area contributed by atoms with E-state index in [0.29, 0.717) is 5.56 Å². The van der Waals surface area contributed by atoms with Crippen LogP contribution in [0.25, 0.3) is 22.3 Å². The first-order valence-corrected chi connectivity index (χ1v) is 16.2. The minimum Gasteiger partial charge on any atom is -0.508 e. The normalized spacial score (nSPS) is 38.3. The Balaban J connectivity index is 1.38. The minimum absolute atomic E-state index is 0.0211. The average molecular weight is 741 g/mol. The molecule has 3 aliphatic rings. The summed E-state index contributed by atoms with van der Waals surface area (Å²) >= 11 is 0. The molecular weight excluding hydrogens is 700 g/mol. The van der Waals surface area contributed by atoms with Gasteiger partial charge in [-0.25, -0.2) is 0 Å². The number of rotatable bonds is 8. The van der Waals surface area contributed by atoms with Crippen LogP contribution < -0.4 is 10.2 Å². The van der Waals surface area contributed by atoms with E-state index in [2.05, 4.69) is 0 Å². The van der Waals surface area contributed by atoms with Crippen LogP contribution in [0.5, 0.6) is 17.2 Å². The molecule has 0 aliphatic carbocycles. The van der Waals surface area contributed by atoms with Gasteiger partial charge in [-0.15, -0.1) is 0 Å². The van der Waals surface area contributed by atoms with Crippen LogP contribution in [0.1, 0.15) is 18.6 Å². The number of benzene rings is 2. The second-order valence-corrected chi connectivity index (χ2v) is 12.9. The van der Waals surface area contributed by atoms with Gasteiger partial charge in [-0.2, -0.15) is 0 Å². The molecule has 0 bridgehead atoms. The van der Waals surface area contributed by atoms with Crippen molar-refractivity contribution in [3.05, 3.63) is 52.2 Å². The van der Waals surface area contributed by atoms with E-state index in [0.717, 1.165) is 12.1 Å². The zero-order valence-electron chi connectivity index (χ0n) is 27.3. The van der Waals surface area contributed by atoms with Crippen LogP contribution in [0.4, 0.5) is 0 Å². The summed E-state index contributed by atoms with van der Waals surface area (Å²) in [5, 5.41) is 125. The number of hydrogen-bond acceptors (Lipinski definition) is 19. The summed E-state index contributed by atoms with van der Waals surface area (Å²) in [7, 11) is 0. The van der Waals surface area contributed by atoms with Crippen LogP contribution in [0.2, 0.25) is 0 Å². The minimum atomic E-state index is -2.02. The molecule has 0 spiro atoms. The highest BCUT2D eigenvalue weighted by Crippen LogP contribution is 2.46. The summed E-state index contributed by atoms with van der Waals surface area (Å²) in [5.74, 6) is -1.51. The SMILES string of the molecule is C[C@@H]1O[C@@H](OC[C@H]2O[C@@H](Oc3cc4oc(-c5ccc(O)cc5)cc(=O)c4c(O)c3[C@@H]3O[C@H](CO)[C@@H](O)[C@H](O)[C@H]3O)[C@H](O)[C@@H](O)[C@@H]2O)[C@H](O)[C@H](O)[C@H]1O. The molecule has 3 aliphatic heterocycles. The van der Waals surface area contributed by atoms with Crippen molar-refractivity contribution in [2.24, 2.45) is 0 Å². The molecule has 0 radical (unpaired) electrons. The highest BCUT2D eigenvalue weighted by molar-refractivity contribution is 5.88. The quantitative estimate of drug-likeness (QED) is 0.106. The molecule has 2 aromatic carbocycles. The zero-order valence-corrected chi connectivity index (χ0v) is 27.3. The Bertz CT molecular complexity index is 1760. The molecule has 3 fully saturated rings. The lowest BCUT2D eigenvalue weighted by Crippen LogP contribution is -2.61. The van der Waals surface area contributed by atoms with E-state index in [4.69, 9.17) is 28.1 Å². The molecule has 4 heterocycles. The van der Waals surface area contributed by atoms with E-state index in [1.54, 1.807) is 0 Å². The third-order valence-electron chi connectivity index (χ3n) is 9.47. The fourth-order valence-electron chi connectivity index (χ4n) is 6.39. The van der Waals surface area contributed by atoms with Gasteiger partial charge in [0.1, 0.15) is 107 Å². The van der Waals surface area contributed by atoms with Crippen molar-refractivity contribution in [1.82, 2.24) is 0 Å². The molecule has 0 unspecified atom stereocenters. The summed E-state index contributed by atoms with van der Waals surface area (Å²) in [6.07, 6.45) is -25.6. The Hall–Kier alpha value is -3.51. The van der Waals surface area contributed by atoms with Crippen LogP contribution in [0, 0.1) is 0 Å². The van der Waals surface area contributed by atoms with Crippen molar-refractivity contribution in [3.63, 3.8) is 0 Å². The second kappa shape index (κ2) is 15.1. The molecule has 19 heteroatoms. The third-order valence-corrected chi connectivity index (χ3v) is 9.47. The first-order valence-electron chi connectivity index (χ1n) is 16.2. The number of aliphatic hydroxyl groups excluding tert-OH is 10. The fraction of sp³-hybridized carbons (Fsp3) is 0.545. The van der Waals surface area contributed by atoms with Crippen molar-refractivity contribution in [3.8, 4) is 28.6 Å². The van der Waals surface area contributed by atoms with E-state index in [1.165, 1.54) is 31.2 Å². The van der Waals surface area contributed by atoms with E-state index in [-0.39, 0.29) is 17.1 Å². The van der Waals surface area contributed by atoms with E-state index in [9.17, 15) is 66.1 Å². The maximum atomic E-state index is 13.4. The predicted molar refractivity (Wildman–Crippen MR) is 170 cm³/mol. The number of phenols is 2. The van der Waals surface area contributed by atoms with Crippen molar-refractivity contribution < 1.29 is 89.4 Å². The van der Waals surface area contributed by atoms with Gasteiger partial charge in [-0.1, -0.05) is 0 Å². The summed E-state index contributed by atoms with van der Waals surface area (Å²) in [6.45, 7) is -0.0855. The zero-order chi connectivity index (χ0) is 37.8. The first-order chi connectivity index (χ1) is 24.6. The number of fused-ring (bicyclic) bond motifs is 1. The summed E-state index contributed by atoms with van der Waals surface area (Å²) < 4.78 is 34.1. The van der Waals surface area contributed by atoms with Crippen molar-refractivity contribution in [1.29, 1.82) is 0 Å². The number of ether oxygens (including phenoxy) is 5. The molecule has 3 aromatic rings. The highest BCUT2D eigenvalue weighted by atomic mass is 16.7. The van der Waals surface area contributed by atoms with Gasteiger partial charge >= 0.3 is 0 Å². The van der Waals surface area contributed by atoms with Crippen LogP contribution in [0.3, 0.4) is 0 Å². The number of aromatic hydroxyl groups is 2. The maximum Gasteiger partial charge on any atom is 0.229 e. The molecule has 15 atom stereocenters. The van der Waals surface area contributed by atoms with Crippen LogP contribution >= 0.6 is 0 Å². The number of phenolic OH excluding ortho intramolecular Hbond substituents is 2. The molecule has 19 nitrogen and oxygen atoms in total. The number of aliphatic hydroxyl groups is 10. The predicted octanol–water partition coefficient (Wildman–Crippen LogP) is -3.58. The molecule has 0 amide bonds. The lowest BCUT2D eigenvalue weighted by molar-refractivity contribution is -0.318. The van der Waals surface area contributed by atoms with Crippen molar-refractivity contribution in [2.45, 2.75) is 98.9 Å². The Labute approximate surface area is 293 Å². The molecule has 12 N–H and O–H groups in total. The van der Waals surface area contributed by atoms with Crippen LogP contribution in [0.15, 0.2) is 45.6 Å². The van der Waals surface area contributed by atoms with Gasteiger partial charge in [0.05, 0.1) is 24.9 Å². The van der Waals surface area contributed by atoms with Gasteiger partial charge in [-0.05, 0) is 31.2 Å². The highest BCUT2D eigenvalue weighted by Gasteiger charge is 2.50. The lowest BCUT2D eigenvalue weighted by atomic mass is 9.89. The van der Waals surface area contributed by atoms with Crippen LogP contribution in [-0.4, -0.2) is 160 Å². The van der Waals surface area contributed by atoms with Gasteiger partial charge in [-0.3, -0.25) is 4.79 Å². The Morgan fingerprint density at radius 1 is 0.692 bits per heavy atom. The Morgan fingerprint density at radius 2 is 1.31 bits per heavy atom. The number of hydrogen-bond donors (Lipinski definition) is 12. The molecule has 0 saturated carbocycles. The molecule has 52 heavy (non-hydrogen) atoms. The van der Waals surface area contributed by atoms with E-state index >= 15 is 0 Å². The van der Waals surface area contributed by atoms with Gasteiger partial charge in [0.15, 0.2) is 11.7 Å². The van der Waals surface area contributed by atoms with Gasteiger partial charge < -0.3 is 89.4 Å². The van der Waals surface area contributed by atoms with Crippen LogP contribution in [-0.2, 0) is 18.9 Å². The van der Waals surface area contributed by atoms with Crippen molar-refractivity contribution >= 4 is 11.0 Å². The Kier molecular flexibility index (Phi) is 11.1. The third kappa shape index (κ3) is 6.97. The van der Waals surface area contributed by atoms with Gasteiger partial charge in [0.25, 0.3) is 0 Å². The molecule has 1 aromatic heterocycles. The smallest absolute Gasteiger partial charge is 0.229 e. The van der Waals surface area contributed by atoms with Gasteiger partial charge in [0, 0.05) is 17.7 Å². The van der Waals surface area contributed by atoms with E-state index in [1.807, 2.05) is 0 Å². The average Bonchev–Trinajstić information content (AvgIpc) is 3.12. The standard InChI is InChI=1S/C33H40O19/c1-10-21(37)25(41)29(45)32(48-10)47-9-18-23(39)27(43)30(46)33(52-18)51-16-7-15-19(13(36)6-14(49-15)11-2-4-12(35)5-3-11)24(40)20(16)31-28(44)26(42)22(38)17(8-34)50-31/h2-7,10,17-18,21-23,25-35,37-46H,8-9H2,1H3/t10-,17+,18+,21-,22+,23+,25+,26-,27-,28+,29+,30+,31-,32+,33+/m0/s1. The first kappa shape index (κ1) is 38.2. The Morgan fingerprint density at radius 3 is 1.98 bits per heavy atom. The van der Waals surface area contributed by atoms with Gasteiger partial charge in [0.2, 0.25) is 6.29 Å². The monoisotopic (exact) mass is 740 g/mol. The van der Waals surface area contributed by atoms with Crippen molar-refractivity contribution in [2.75, 3.05) is 13.2 Å². The molecule has 286 valence electrons. The summed E-state index contributed by atoms with van der Waals surface area (Å²) in [6, 6.07) is 7.65. The second-order valence-electron chi connectivity index (χ2n) is 12.9. The molecule has 3 saturated heterocycles. The van der Waals surface area contributed by atoms with E-state index < -0.39 is 133 Å². The topological polar surface area (TPSA) is 319 Å². The largest absolute Gasteiger partial charge is 0.508 e.